The van der Waals surface area contributed by atoms with Gasteiger partial charge in [0.25, 0.3) is 5.70 Å². The fourth-order valence-electron chi connectivity index (χ4n) is 0.753. The Balaban J connectivity index is 2.89. The van der Waals surface area contributed by atoms with Crippen LogP contribution in [0, 0.1) is 10.1 Å². The lowest BCUT2D eigenvalue weighted by Crippen LogP contribution is -1.93. The molecular weight excluding hydrogens is 144 g/mol. The van der Waals surface area contributed by atoms with Gasteiger partial charge in [-0.15, -0.1) is 0 Å². The number of nitro groups is 1. The molecular formula is C7H8N2O2. The molecule has 0 spiro atoms. The zero-order valence-corrected chi connectivity index (χ0v) is 5.86. The molecule has 0 atom stereocenters. The Bertz CT molecular complexity index is 264. The lowest BCUT2D eigenvalue weighted by atomic mass is 10.3. The van der Waals surface area contributed by atoms with Crippen LogP contribution >= 0.6 is 0 Å². The summed E-state index contributed by atoms with van der Waals surface area (Å²) in [7, 11) is 0. The molecule has 0 aliphatic heterocycles. The van der Waals surface area contributed by atoms with Crippen LogP contribution in [0.15, 0.2) is 35.7 Å². The van der Waals surface area contributed by atoms with Gasteiger partial charge in [0.05, 0.1) is 4.92 Å². The van der Waals surface area contributed by atoms with Crippen molar-refractivity contribution in [3.05, 3.63) is 45.8 Å². The third-order valence-electron chi connectivity index (χ3n) is 1.32. The van der Waals surface area contributed by atoms with Crippen molar-refractivity contribution in [1.29, 1.82) is 0 Å². The third-order valence-corrected chi connectivity index (χ3v) is 1.32. The van der Waals surface area contributed by atoms with Gasteiger partial charge in [0, 0.05) is 24.3 Å². The zero-order chi connectivity index (χ0) is 8.27. The minimum absolute atomic E-state index is 0.0745. The van der Waals surface area contributed by atoms with E-state index in [1.54, 1.807) is 12.2 Å². The molecule has 0 aromatic rings. The average Bonchev–Trinajstić information content (AvgIpc) is 2.13. The summed E-state index contributed by atoms with van der Waals surface area (Å²) in [5.41, 5.74) is 6.15. The summed E-state index contributed by atoms with van der Waals surface area (Å²) in [6.07, 6.45) is 6.66. The minimum Gasteiger partial charge on any atom is -0.402 e. The van der Waals surface area contributed by atoms with Crippen molar-refractivity contribution in [2.45, 2.75) is 6.42 Å². The topological polar surface area (TPSA) is 69.2 Å². The van der Waals surface area contributed by atoms with Crippen LogP contribution in [-0.4, -0.2) is 4.92 Å². The maximum absolute atomic E-state index is 10.2. The molecule has 2 N–H and O–H groups in total. The van der Waals surface area contributed by atoms with Crippen molar-refractivity contribution in [1.82, 2.24) is 0 Å². The van der Waals surface area contributed by atoms with Gasteiger partial charge < -0.3 is 5.73 Å². The number of nitrogens with two attached hydrogens (primary N) is 1. The summed E-state index contributed by atoms with van der Waals surface area (Å²) in [5, 5.41) is 10.2. The normalized spacial score (nSPS) is 16.7. The van der Waals surface area contributed by atoms with Crippen LogP contribution in [-0.2, 0) is 0 Å². The van der Waals surface area contributed by atoms with Crippen molar-refractivity contribution in [3.8, 4) is 0 Å². The largest absolute Gasteiger partial charge is 0.402 e. The molecule has 1 rings (SSSR count). The van der Waals surface area contributed by atoms with Crippen LogP contribution in [0.5, 0.6) is 0 Å². The zero-order valence-electron chi connectivity index (χ0n) is 5.86. The van der Waals surface area contributed by atoms with E-state index >= 15 is 0 Å². The fourth-order valence-corrected chi connectivity index (χ4v) is 0.753. The van der Waals surface area contributed by atoms with Gasteiger partial charge in [0.1, 0.15) is 0 Å². The first kappa shape index (κ1) is 7.53. The smallest absolute Gasteiger partial charge is 0.269 e. The molecule has 0 saturated carbocycles. The van der Waals surface area contributed by atoms with Crippen LogP contribution in [0.4, 0.5) is 0 Å². The van der Waals surface area contributed by atoms with Gasteiger partial charge in [-0.2, -0.15) is 0 Å². The molecule has 1 aliphatic carbocycles. The predicted octanol–water partition coefficient (Wildman–Crippen LogP) is 0.950. The number of hydrogen-bond donors (Lipinski definition) is 1. The van der Waals surface area contributed by atoms with Gasteiger partial charge in [-0.3, -0.25) is 10.1 Å². The summed E-state index contributed by atoms with van der Waals surface area (Å²) in [5.74, 6) is 0. The van der Waals surface area contributed by atoms with Gasteiger partial charge in [-0.1, -0.05) is 6.08 Å². The number of allylic oxidation sites excluding steroid dienone is 4. The van der Waals surface area contributed by atoms with Crippen molar-refractivity contribution >= 4 is 0 Å². The third kappa shape index (κ3) is 1.93. The predicted molar refractivity (Wildman–Crippen MR) is 41.1 cm³/mol. The van der Waals surface area contributed by atoms with E-state index in [4.69, 9.17) is 5.73 Å². The summed E-state index contributed by atoms with van der Waals surface area (Å²) in [6.45, 7) is 0. The molecule has 0 amide bonds. The highest BCUT2D eigenvalue weighted by Gasteiger charge is 2.05. The Hall–Kier alpha value is -1.58. The maximum atomic E-state index is 10.2. The highest BCUT2D eigenvalue weighted by Crippen LogP contribution is 2.07. The van der Waals surface area contributed by atoms with E-state index in [2.05, 4.69) is 0 Å². The molecule has 58 valence electrons. The highest BCUT2D eigenvalue weighted by molar-refractivity contribution is 5.25. The molecule has 0 radical (unpaired) electrons. The van der Waals surface area contributed by atoms with E-state index in [1.807, 2.05) is 0 Å². The second kappa shape index (κ2) is 3.01. The highest BCUT2D eigenvalue weighted by atomic mass is 16.6. The Labute approximate surface area is 63.8 Å². The van der Waals surface area contributed by atoms with Crippen LogP contribution in [0.25, 0.3) is 0 Å². The SMILES string of the molecule is NC1=CC=C([N+](=O)[O-])C=CC1. The van der Waals surface area contributed by atoms with E-state index < -0.39 is 4.92 Å². The van der Waals surface area contributed by atoms with E-state index in [-0.39, 0.29) is 5.70 Å². The molecule has 4 heteroatoms. The number of hydrogen-bond acceptors (Lipinski definition) is 3. The van der Waals surface area contributed by atoms with Gasteiger partial charge in [0.2, 0.25) is 0 Å². The van der Waals surface area contributed by atoms with Gasteiger partial charge >= 0.3 is 0 Å². The van der Waals surface area contributed by atoms with E-state index in [9.17, 15) is 10.1 Å². The molecule has 0 saturated heterocycles. The van der Waals surface area contributed by atoms with Gasteiger partial charge in [-0.05, 0) is 6.08 Å². The quantitative estimate of drug-likeness (QED) is 0.449. The molecule has 0 heterocycles. The van der Waals surface area contributed by atoms with E-state index in [1.165, 1.54) is 12.2 Å². The Kier molecular flexibility index (Phi) is 2.06. The summed E-state index contributed by atoms with van der Waals surface area (Å²) >= 11 is 0. The first-order valence-corrected chi connectivity index (χ1v) is 3.17. The lowest BCUT2D eigenvalue weighted by Gasteiger charge is -1.87. The standard InChI is InChI=1S/C7H8N2O2/c8-6-2-1-3-7(5-4-6)9(10)11/h1,3-5H,2,8H2. The van der Waals surface area contributed by atoms with Crippen LogP contribution in [0.3, 0.4) is 0 Å². The molecule has 1 aliphatic rings. The minimum atomic E-state index is -0.439. The molecule has 0 aromatic carbocycles. The molecule has 11 heavy (non-hydrogen) atoms. The van der Waals surface area contributed by atoms with Gasteiger partial charge in [0.15, 0.2) is 0 Å². The number of nitrogens with zero attached hydrogens (tertiary/aromatic N) is 1. The maximum Gasteiger partial charge on any atom is 0.269 e. The van der Waals surface area contributed by atoms with Crippen molar-refractivity contribution in [2.24, 2.45) is 5.73 Å². The number of rotatable bonds is 1. The average molecular weight is 152 g/mol. The fraction of sp³-hybridized carbons (Fsp3) is 0.143. The second-order valence-corrected chi connectivity index (χ2v) is 2.20. The first-order valence-electron chi connectivity index (χ1n) is 3.17. The molecule has 4 nitrogen and oxygen atoms in total. The van der Waals surface area contributed by atoms with Gasteiger partial charge in [-0.25, -0.2) is 0 Å². The monoisotopic (exact) mass is 152 g/mol. The molecule has 0 fully saturated rings. The van der Waals surface area contributed by atoms with E-state index in [0.29, 0.717) is 12.1 Å². The Morgan fingerprint density at radius 1 is 1.55 bits per heavy atom. The lowest BCUT2D eigenvalue weighted by molar-refractivity contribution is -0.419. The molecule has 0 bridgehead atoms. The van der Waals surface area contributed by atoms with Crippen molar-refractivity contribution in [3.63, 3.8) is 0 Å². The Morgan fingerprint density at radius 3 is 2.91 bits per heavy atom. The van der Waals surface area contributed by atoms with Crippen molar-refractivity contribution in [2.75, 3.05) is 0 Å². The summed E-state index contributed by atoms with van der Waals surface area (Å²) < 4.78 is 0. The molecule has 0 aromatic heterocycles. The van der Waals surface area contributed by atoms with Crippen LogP contribution < -0.4 is 5.73 Å². The van der Waals surface area contributed by atoms with Crippen LogP contribution in [0.1, 0.15) is 6.42 Å². The molecule has 0 unspecified atom stereocenters. The summed E-state index contributed by atoms with van der Waals surface area (Å²) in [6, 6.07) is 0. The second-order valence-electron chi connectivity index (χ2n) is 2.20. The first-order chi connectivity index (χ1) is 5.20. The Morgan fingerprint density at radius 2 is 2.27 bits per heavy atom. The van der Waals surface area contributed by atoms with Crippen molar-refractivity contribution < 1.29 is 4.92 Å². The summed E-state index contributed by atoms with van der Waals surface area (Å²) in [4.78, 5) is 9.79. The van der Waals surface area contributed by atoms with Crippen LogP contribution in [0.2, 0.25) is 0 Å². The van der Waals surface area contributed by atoms with E-state index in [0.717, 1.165) is 0 Å².